The van der Waals surface area contributed by atoms with E-state index in [1.54, 1.807) is 0 Å². The van der Waals surface area contributed by atoms with Crippen LogP contribution in [0, 0.1) is 0 Å². The molecule has 0 aliphatic rings. The molecule has 19 heavy (non-hydrogen) atoms. The van der Waals surface area contributed by atoms with E-state index in [0.29, 0.717) is 0 Å². The molecule has 1 aromatic heterocycles. The lowest BCUT2D eigenvalue weighted by Crippen LogP contribution is -2.11. The van der Waals surface area contributed by atoms with E-state index in [1.165, 1.54) is 0 Å². The number of nitrogens with one attached hydrogen (secondary N) is 1. The quantitative estimate of drug-likeness (QED) is 0.793. The van der Waals surface area contributed by atoms with Crippen molar-refractivity contribution in [1.82, 2.24) is 15.0 Å². The predicted molar refractivity (Wildman–Crippen MR) is 77.5 cm³/mol. The molecule has 3 rings (SSSR count). The molecule has 0 amide bonds. The molecule has 0 fully saturated rings. The van der Waals surface area contributed by atoms with Gasteiger partial charge >= 0.3 is 0 Å². The third-order valence-electron chi connectivity index (χ3n) is 2.90. The van der Waals surface area contributed by atoms with E-state index in [9.17, 15) is 0 Å². The van der Waals surface area contributed by atoms with E-state index in [4.69, 9.17) is 11.6 Å². The van der Waals surface area contributed by atoms with Crippen molar-refractivity contribution in [2.75, 3.05) is 11.9 Å². The van der Waals surface area contributed by atoms with Crippen LogP contribution in [0.1, 0.15) is 0 Å². The average molecular weight is 273 g/mol. The maximum absolute atomic E-state index is 5.93. The van der Waals surface area contributed by atoms with Crippen molar-refractivity contribution >= 4 is 28.3 Å². The number of anilines is 1. The first-order valence-electron chi connectivity index (χ1n) is 6.10. The minimum Gasteiger partial charge on any atom is -0.383 e. The van der Waals surface area contributed by atoms with Crippen molar-refractivity contribution in [3.8, 4) is 0 Å². The Hall–Kier alpha value is -2.07. The summed E-state index contributed by atoms with van der Waals surface area (Å²) in [4.78, 5) is 0. The second-order valence-electron chi connectivity index (χ2n) is 4.24. The zero-order valence-electron chi connectivity index (χ0n) is 10.3. The lowest BCUT2D eigenvalue weighted by Gasteiger charge is -2.07. The Morgan fingerprint density at radius 1 is 1.11 bits per heavy atom. The molecule has 0 unspecified atom stereocenters. The Morgan fingerprint density at radius 3 is 2.89 bits per heavy atom. The fourth-order valence-electron chi connectivity index (χ4n) is 1.99. The fourth-order valence-corrected chi connectivity index (χ4v) is 2.18. The van der Waals surface area contributed by atoms with Gasteiger partial charge in [0.25, 0.3) is 0 Å². The number of nitrogens with zero attached hydrogens (tertiary/aromatic N) is 3. The van der Waals surface area contributed by atoms with Gasteiger partial charge < -0.3 is 5.32 Å². The fraction of sp³-hybridized carbons (Fsp3) is 0.143. The third kappa shape index (κ3) is 2.69. The first kappa shape index (κ1) is 12.0. The Morgan fingerprint density at radius 2 is 2.00 bits per heavy atom. The SMILES string of the molecule is Clc1cccc(NCCn2nnc3ccccc32)c1. The van der Waals surface area contributed by atoms with Gasteiger partial charge in [-0.3, -0.25) is 0 Å². The summed E-state index contributed by atoms with van der Waals surface area (Å²) in [5, 5.41) is 12.3. The van der Waals surface area contributed by atoms with Gasteiger partial charge in [-0.2, -0.15) is 0 Å². The summed E-state index contributed by atoms with van der Waals surface area (Å²) in [6, 6.07) is 15.6. The van der Waals surface area contributed by atoms with Crippen LogP contribution in [0.2, 0.25) is 5.02 Å². The zero-order valence-corrected chi connectivity index (χ0v) is 11.0. The molecule has 0 spiro atoms. The lowest BCUT2D eigenvalue weighted by molar-refractivity contribution is 0.627. The van der Waals surface area contributed by atoms with Crippen molar-refractivity contribution in [2.24, 2.45) is 0 Å². The topological polar surface area (TPSA) is 42.7 Å². The Bertz CT molecular complexity index is 692. The normalized spacial score (nSPS) is 10.8. The highest BCUT2D eigenvalue weighted by molar-refractivity contribution is 6.30. The summed E-state index contributed by atoms with van der Waals surface area (Å²) in [6.07, 6.45) is 0. The van der Waals surface area contributed by atoms with Crippen LogP contribution in [-0.2, 0) is 6.54 Å². The number of para-hydroxylation sites is 1. The first-order chi connectivity index (χ1) is 9.33. The van der Waals surface area contributed by atoms with Crippen LogP contribution in [-0.4, -0.2) is 21.5 Å². The molecular formula is C14H13ClN4. The van der Waals surface area contributed by atoms with Gasteiger partial charge in [-0.15, -0.1) is 5.10 Å². The van der Waals surface area contributed by atoms with Crippen molar-refractivity contribution < 1.29 is 0 Å². The molecule has 3 aromatic rings. The molecule has 0 saturated heterocycles. The van der Waals surface area contributed by atoms with E-state index in [0.717, 1.165) is 34.8 Å². The number of hydrogen-bond donors (Lipinski definition) is 1. The molecule has 0 bridgehead atoms. The number of aromatic nitrogens is 3. The molecule has 1 N–H and O–H groups in total. The van der Waals surface area contributed by atoms with Crippen LogP contribution in [0.25, 0.3) is 11.0 Å². The van der Waals surface area contributed by atoms with E-state index >= 15 is 0 Å². The second kappa shape index (κ2) is 5.28. The summed E-state index contributed by atoms with van der Waals surface area (Å²) in [5.41, 5.74) is 2.98. The molecule has 96 valence electrons. The standard InChI is InChI=1S/C14H13ClN4/c15-11-4-3-5-12(10-11)16-8-9-19-14-7-2-1-6-13(14)17-18-19/h1-7,10,16H,8-9H2. The molecule has 4 nitrogen and oxygen atoms in total. The highest BCUT2D eigenvalue weighted by Gasteiger charge is 2.02. The van der Waals surface area contributed by atoms with Gasteiger partial charge in [0.15, 0.2) is 0 Å². The summed E-state index contributed by atoms with van der Waals surface area (Å²) < 4.78 is 1.90. The summed E-state index contributed by atoms with van der Waals surface area (Å²) in [5.74, 6) is 0. The minimum atomic E-state index is 0.733. The molecule has 0 aliphatic heterocycles. The van der Waals surface area contributed by atoms with Crippen molar-refractivity contribution in [2.45, 2.75) is 6.54 Å². The molecule has 2 aromatic carbocycles. The second-order valence-corrected chi connectivity index (χ2v) is 4.67. The Kier molecular flexibility index (Phi) is 3.33. The van der Waals surface area contributed by atoms with Gasteiger partial charge in [-0.1, -0.05) is 35.0 Å². The van der Waals surface area contributed by atoms with Crippen molar-refractivity contribution in [3.05, 3.63) is 53.6 Å². The minimum absolute atomic E-state index is 0.733. The maximum Gasteiger partial charge on any atom is 0.113 e. The Balaban J connectivity index is 1.66. The molecule has 1 heterocycles. The lowest BCUT2D eigenvalue weighted by atomic mass is 10.3. The van der Waals surface area contributed by atoms with Gasteiger partial charge in [-0.25, -0.2) is 4.68 Å². The molecule has 0 aliphatic carbocycles. The van der Waals surface area contributed by atoms with Crippen LogP contribution in [0.3, 0.4) is 0 Å². The van der Waals surface area contributed by atoms with Gasteiger partial charge in [0, 0.05) is 17.3 Å². The third-order valence-corrected chi connectivity index (χ3v) is 3.13. The molecular weight excluding hydrogens is 260 g/mol. The summed E-state index contributed by atoms with van der Waals surface area (Å²) >= 11 is 5.93. The molecule has 0 saturated carbocycles. The van der Waals surface area contributed by atoms with Crippen molar-refractivity contribution in [3.63, 3.8) is 0 Å². The largest absolute Gasteiger partial charge is 0.383 e. The number of fused-ring (bicyclic) bond motifs is 1. The molecule has 0 radical (unpaired) electrons. The van der Waals surface area contributed by atoms with Gasteiger partial charge in [0.2, 0.25) is 0 Å². The highest BCUT2D eigenvalue weighted by Crippen LogP contribution is 2.15. The summed E-state index contributed by atoms with van der Waals surface area (Å²) in [7, 11) is 0. The molecule has 0 atom stereocenters. The number of halogens is 1. The monoisotopic (exact) mass is 272 g/mol. The van der Waals surface area contributed by atoms with Crippen LogP contribution < -0.4 is 5.32 Å². The Labute approximate surface area is 116 Å². The van der Waals surface area contributed by atoms with E-state index in [2.05, 4.69) is 15.6 Å². The highest BCUT2D eigenvalue weighted by atomic mass is 35.5. The van der Waals surface area contributed by atoms with Gasteiger partial charge in [-0.05, 0) is 30.3 Å². The predicted octanol–water partition coefficient (Wildman–Crippen LogP) is 3.20. The number of rotatable bonds is 4. The van der Waals surface area contributed by atoms with Crippen molar-refractivity contribution in [1.29, 1.82) is 0 Å². The van der Waals surface area contributed by atoms with E-state index in [-0.39, 0.29) is 0 Å². The molecule has 5 heteroatoms. The number of benzene rings is 2. The van der Waals surface area contributed by atoms with Gasteiger partial charge in [0.05, 0.1) is 12.1 Å². The average Bonchev–Trinajstić information content (AvgIpc) is 2.83. The van der Waals surface area contributed by atoms with Gasteiger partial charge in [0.1, 0.15) is 5.52 Å². The first-order valence-corrected chi connectivity index (χ1v) is 6.48. The maximum atomic E-state index is 5.93. The zero-order chi connectivity index (χ0) is 13.1. The van der Waals surface area contributed by atoms with Crippen LogP contribution in [0.4, 0.5) is 5.69 Å². The number of hydrogen-bond acceptors (Lipinski definition) is 3. The van der Waals surface area contributed by atoms with Crippen LogP contribution in [0.5, 0.6) is 0 Å². The van der Waals surface area contributed by atoms with Crippen LogP contribution >= 0.6 is 11.6 Å². The van der Waals surface area contributed by atoms with E-state index in [1.807, 2.05) is 53.2 Å². The summed E-state index contributed by atoms with van der Waals surface area (Å²) in [6.45, 7) is 1.53. The van der Waals surface area contributed by atoms with Crippen LogP contribution in [0.15, 0.2) is 48.5 Å². The smallest absolute Gasteiger partial charge is 0.113 e. The van der Waals surface area contributed by atoms with E-state index < -0.39 is 0 Å².